The first kappa shape index (κ1) is 14.4. The molecule has 1 atom stereocenters. The maximum Gasteiger partial charge on any atom is 0.308 e. The van der Waals surface area contributed by atoms with Crippen molar-refractivity contribution in [1.82, 2.24) is 0 Å². The molecule has 15 heavy (non-hydrogen) atoms. The number of aliphatic hydroxyl groups is 1. The molecule has 0 aliphatic heterocycles. The molecule has 0 spiro atoms. The Hall–Kier alpha value is -0.570. The number of aliphatic hydroxyl groups excluding tert-OH is 1. The van der Waals surface area contributed by atoms with Crippen LogP contribution in [0.1, 0.15) is 52.9 Å². The third kappa shape index (κ3) is 7.37. The van der Waals surface area contributed by atoms with Crippen molar-refractivity contribution in [2.45, 2.75) is 59.0 Å². The quantitative estimate of drug-likeness (QED) is 0.634. The van der Waals surface area contributed by atoms with E-state index in [0.717, 1.165) is 25.7 Å². The number of rotatable bonds is 8. The minimum absolute atomic E-state index is 0.0500. The van der Waals surface area contributed by atoms with Gasteiger partial charge in [-0.05, 0) is 19.8 Å². The van der Waals surface area contributed by atoms with Gasteiger partial charge in [0.05, 0.1) is 18.6 Å². The molecule has 1 N–H and O–H groups in total. The van der Waals surface area contributed by atoms with Crippen LogP contribution in [0.2, 0.25) is 0 Å². The summed E-state index contributed by atoms with van der Waals surface area (Å²) in [5.74, 6) is -0.0478. The maximum atomic E-state index is 11.6. The van der Waals surface area contributed by atoms with Crippen molar-refractivity contribution in [3.8, 4) is 0 Å². The molecule has 0 heterocycles. The smallest absolute Gasteiger partial charge is 0.308 e. The summed E-state index contributed by atoms with van der Waals surface area (Å²) in [6, 6.07) is 0. The average Bonchev–Trinajstić information content (AvgIpc) is 2.16. The molecule has 0 bridgehead atoms. The van der Waals surface area contributed by atoms with Crippen molar-refractivity contribution < 1.29 is 14.6 Å². The van der Waals surface area contributed by atoms with E-state index in [9.17, 15) is 4.79 Å². The van der Waals surface area contributed by atoms with Crippen molar-refractivity contribution in [3.05, 3.63) is 0 Å². The van der Waals surface area contributed by atoms with Gasteiger partial charge in [-0.15, -0.1) is 0 Å². The minimum atomic E-state index is -0.395. The maximum absolute atomic E-state index is 11.6. The first-order valence-corrected chi connectivity index (χ1v) is 5.96. The minimum Gasteiger partial charge on any atom is -0.465 e. The molecule has 0 fully saturated rings. The summed E-state index contributed by atoms with van der Waals surface area (Å²) in [5, 5.41) is 9.02. The van der Waals surface area contributed by atoms with Crippen molar-refractivity contribution in [2.24, 2.45) is 5.92 Å². The molecule has 0 aromatic carbocycles. The lowest BCUT2D eigenvalue weighted by Gasteiger charge is -2.14. The van der Waals surface area contributed by atoms with E-state index in [0.29, 0.717) is 13.0 Å². The predicted molar refractivity (Wildman–Crippen MR) is 60.6 cm³/mol. The summed E-state index contributed by atoms with van der Waals surface area (Å²) < 4.78 is 5.12. The second-order valence-electron chi connectivity index (χ2n) is 4.08. The Morgan fingerprint density at radius 3 is 2.13 bits per heavy atom. The van der Waals surface area contributed by atoms with E-state index in [1.807, 2.05) is 0 Å². The lowest BCUT2D eigenvalue weighted by atomic mass is 9.99. The number of hydrogen-bond donors (Lipinski definition) is 1. The Balaban J connectivity index is 3.80. The lowest BCUT2D eigenvalue weighted by molar-refractivity contribution is -0.149. The molecule has 0 aliphatic carbocycles. The van der Waals surface area contributed by atoms with Gasteiger partial charge in [0.15, 0.2) is 0 Å². The van der Waals surface area contributed by atoms with Gasteiger partial charge in [-0.1, -0.05) is 26.7 Å². The fraction of sp³-hybridized carbons (Fsp3) is 0.917. The van der Waals surface area contributed by atoms with E-state index >= 15 is 0 Å². The fourth-order valence-corrected chi connectivity index (χ4v) is 1.52. The molecule has 90 valence electrons. The summed E-state index contributed by atoms with van der Waals surface area (Å²) in [7, 11) is 0. The molecule has 0 amide bonds. The van der Waals surface area contributed by atoms with E-state index in [1.54, 1.807) is 6.92 Å². The van der Waals surface area contributed by atoms with Crippen LogP contribution in [0, 0.1) is 5.92 Å². The Labute approximate surface area is 92.8 Å². The standard InChI is InChI=1S/C12H24O3/c1-4-6-11(7-5-2)12(14)15-9-8-10(3)13/h10-11,13H,4-9H2,1-3H3/t10-/m0/s1. The predicted octanol–water partition coefficient (Wildman–Crippen LogP) is 2.52. The average molecular weight is 216 g/mol. The Morgan fingerprint density at radius 2 is 1.73 bits per heavy atom. The van der Waals surface area contributed by atoms with Gasteiger partial charge in [0.1, 0.15) is 0 Å². The fourth-order valence-electron chi connectivity index (χ4n) is 1.52. The highest BCUT2D eigenvalue weighted by molar-refractivity contribution is 5.72. The lowest BCUT2D eigenvalue weighted by Crippen LogP contribution is -2.19. The number of ether oxygens (including phenoxy) is 1. The van der Waals surface area contributed by atoms with Gasteiger partial charge in [0.2, 0.25) is 0 Å². The molecule has 0 aromatic heterocycles. The first-order chi connectivity index (χ1) is 7.11. The molecular formula is C12H24O3. The van der Waals surface area contributed by atoms with E-state index < -0.39 is 6.10 Å². The normalized spacial score (nSPS) is 12.9. The van der Waals surface area contributed by atoms with Crippen LogP contribution in [0.25, 0.3) is 0 Å². The van der Waals surface area contributed by atoms with Crippen molar-refractivity contribution >= 4 is 5.97 Å². The SMILES string of the molecule is CCCC(CCC)C(=O)OCC[C@H](C)O. The van der Waals surface area contributed by atoms with E-state index in [-0.39, 0.29) is 11.9 Å². The van der Waals surface area contributed by atoms with Gasteiger partial charge in [-0.2, -0.15) is 0 Å². The summed E-state index contributed by atoms with van der Waals surface area (Å²) in [5.41, 5.74) is 0. The van der Waals surface area contributed by atoms with Gasteiger partial charge in [-0.3, -0.25) is 4.79 Å². The van der Waals surface area contributed by atoms with Crippen LogP contribution in [0.4, 0.5) is 0 Å². The summed E-state index contributed by atoms with van der Waals surface area (Å²) in [4.78, 5) is 11.6. The molecule has 0 aliphatic rings. The van der Waals surface area contributed by atoms with Crippen molar-refractivity contribution in [1.29, 1.82) is 0 Å². The van der Waals surface area contributed by atoms with E-state index in [1.165, 1.54) is 0 Å². The van der Waals surface area contributed by atoms with Crippen LogP contribution in [-0.2, 0) is 9.53 Å². The topological polar surface area (TPSA) is 46.5 Å². The van der Waals surface area contributed by atoms with E-state index in [4.69, 9.17) is 9.84 Å². The summed E-state index contributed by atoms with van der Waals surface area (Å²) in [6.07, 6.45) is 3.96. The monoisotopic (exact) mass is 216 g/mol. The molecule has 3 heteroatoms. The molecule has 0 aromatic rings. The number of carbonyl (C=O) groups excluding carboxylic acids is 1. The second-order valence-corrected chi connectivity index (χ2v) is 4.08. The third-order valence-electron chi connectivity index (χ3n) is 2.39. The molecule has 0 rings (SSSR count). The molecule has 0 saturated carbocycles. The number of esters is 1. The van der Waals surface area contributed by atoms with Crippen molar-refractivity contribution in [3.63, 3.8) is 0 Å². The highest BCUT2D eigenvalue weighted by Crippen LogP contribution is 2.15. The first-order valence-electron chi connectivity index (χ1n) is 5.96. The zero-order valence-corrected chi connectivity index (χ0v) is 10.2. The van der Waals surface area contributed by atoms with Crippen LogP contribution in [0.15, 0.2) is 0 Å². The third-order valence-corrected chi connectivity index (χ3v) is 2.39. The Bertz CT molecular complexity index is 160. The molecule has 0 saturated heterocycles. The van der Waals surface area contributed by atoms with Crippen LogP contribution in [0.3, 0.4) is 0 Å². The van der Waals surface area contributed by atoms with Gasteiger partial charge in [0.25, 0.3) is 0 Å². The van der Waals surface area contributed by atoms with Gasteiger partial charge >= 0.3 is 5.97 Å². The van der Waals surface area contributed by atoms with Crippen LogP contribution in [0.5, 0.6) is 0 Å². The van der Waals surface area contributed by atoms with Crippen LogP contribution < -0.4 is 0 Å². The Kier molecular flexibility index (Phi) is 8.38. The van der Waals surface area contributed by atoms with Gasteiger partial charge < -0.3 is 9.84 Å². The largest absolute Gasteiger partial charge is 0.465 e. The molecular weight excluding hydrogens is 192 g/mol. The molecule has 0 unspecified atom stereocenters. The highest BCUT2D eigenvalue weighted by Gasteiger charge is 2.17. The second kappa shape index (κ2) is 8.72. The zero-order chi connectivity index (χ0) is 11.7. The van der Waals surface area contributed by atoms with Crippen molar-refractivity contribution in [2.75, 3.05) is 6.61 Å². The van der Waals surface area contributed by atoms with Crippen LogP contribution >= 0.6 is 0 Å². The summed E-state index contributed by atoms with van der Waals surface area (Å²) >= 11 is 0. The highest BCUT2D eigenvalue weighted by atomic mass is 16.5. The summed E-state index contributed by atoms with van der Waals surface area (Å²) in [6.45, 7) is 6.18. The number of carbonyl (C=O) groups is 1. The van der Waals surface area contributed by atoms with Gasteiger partial charge in [0, 0.05) is 6.42 Å². The molecule has 0 radical (unpaired) electrons. The Morgan fingerprint density at radius 1 is 1.20 bits per heavy atom. The molecule has 3 nitrogen and oxygen atoms in total. The van der Waals surface area contributed by atoms with E-state index in [2.05, 4.69) is 13.8 Å². The van der Waals surface area contributed by atoms with Crippen LogP contribution in [-0.4, -0.2) is 23.8 Å². The van der Waals surface area contributed by atoms with Gasteiger partial charge in [-0.25, -0.2) is 0 Å². The number of hydrogen-bond acceptors (Lipinski definition) is 3. The zero-order valence-electron chi connectivity index (χ0n) is 10.2.